The molecule has 2 heterocycles. The van der Waals surface area contributed by atoms with E-state index in [9.17, 15) is 0 Å². The van der Waals surface area contributed by atoms with Crippen LogP contribution in [0.15, 0.2) is 23.0 Å². The summed E-state index contributed by atoms with van der Waals surface area (Å²) in [5, 5.41) is 7.59. The fourth-order valence-corrected chi connectivity index (χ4v) is 1.48. The molecule has 0 saturated carbocycles. The molecule has 0 aromatic carbocycles. The lowest BCUT2D eigenvalue weighted by atomic mass is 10.3. The molecule has 17 heavy (non-hydrogen) atoms. The second kappa shape index (κ2) is 5.25. The van der Waals surface area contributed by atoms with Gasteiger partial charge < -0.3 is 9.84 Å². The first-order valence-electron chi connectivity index (χ1n) is 5.32. The van der Waals surface area contributed by atoms with E-state index in [2.05, 4.69) is 34.3 Å². The average molecular weight is 253 g/mol. The highest BCUT2D eigenvalue weighted by molar-refractivity contribution is 6.32. The Morgan fingerprint density at radius 3 is 3.00 bits per heavy atom. The summed E-state index contributed by atoms with van der Waals surface area (Å²) in [5.41, 5.74) is 0.699. The van der Waals surface area contributed by atoms with Gasteiger partial charge in [-0.2, -0.15) is 4.98 Å². The smallest absolute Gasteiger partial charge is 0.259 e. The van der Waals surface area contributed by atoms with Gasteiger partial charge in [0.2, 0.25) is 0 Å². The Hall–Kier alpha value is -1.46. The minimum atomic E-state index is 0.376. The van der Waals surface area contributed by atoms with Crippen molar-refractivity contribution in [2.45, 2.75) is 26.4 Å². The SMILES string of the molecule is CC(C)NCc1noc(-c2ccncc2Cl)n1. The van der Waals surface area contributed by atoms with Crippen molar-refractivity contribution in [3.05, 3.63) is 29.3 Å². The van der Waals surface area contributed by atoms with Crippen molar-refractivity contribution in [1.29, 1.82) is 0 Å². The third kappa shape index (κ3) is 3.01. The lowest BCUT2D eigenvalue weighted by molar-refractivity contribution is 0.417. The second-order valence-corrected chi connectivity index (χ2v) is 4.31. The maximum atomic E-state index is 5.99. The predicted molar refractivity (Wildman–Crippen MR) is 64.5 cm³/mol. The summed E-state index contributed by atoms with van der Waals surface area (Å²) >= 11 is 5.99. The van der Waals surface area contributed by atoms with Crippen LogP contribution in [-0.2, 0) is 6.54 Å². The molecule has 0 amide bonds. The molecule has 0 bridgehead atoms. The van der Waals surface area contributed by atoms with E-state index in [1.165, 1.54) is 0 Å². The van der Waals surface area contributed by atoms with Crippen LogP contribution in [0.2, 0.25) is 5.02 Å². The largest absolute Gasteiger partial charge is 0.334 e. The molecule has 6 heteroatoms. The summed E-state index contributed by atoms with van der Waals surface area (Å²) in [7, 11) is 0. The minimum absolute atomic E-state index is 0.376. The third-order valence-corrected chi connectivity index (χ3v) is 2.44. The molecule has 2 aromatic heterocycles. The van der Waals surface area contributed by atoms with Crippen LogP contribution in [0.3, 0.4) is 0 Å². The Labute approximate surface area is 104 Å². The summed E-state index contributed by atoms with van der Waals surface area (Å²) in [6.45, 7) is 4.69. The van der Waals surface area contributed by atoms with E-state index in [-0.39, 0.29) is 0 Å². The van der Waals surface area contributed by atoms with Crippen LogP contribution < -0.4 is 5.32 Å². The van der Waals surface area contributed by atoms with Gasteiger partial charge in [-0.1, -0.05) is 30.6 Å². The van der Waals surface area contributed by atoms with Gasteiger partial charge >= 0.3 is 0 Å². The van der Waals surface area contributed by atoms with Gasteiger partial charge in [-0.3, -0.25) is 4.98 Å². The van der Waals surface area contributed by atoms with E-state index in [1.807, 2.05) is 0 Å². The maximum absolute atomic E-state index is 5.99. The Morgan fingerprint density at radius 2 is 2.29 bits per heavy atom. The van der Waals surface area contributed by atoms with Crippen molar-refractivity contribution < 1.29 is 4.52 Å². The van der Waals surface area contributed by atoms with Gasteiger partial charge in [0.05, 0.1) is 17.1 Å². The molecule has 0 radical (unpaired) electrons. The van der Waals surface area contributed by atoms with Gasteiger partial charge in [-0.25, -0.2) is 0 Å². The predicted octanol–water partition coefficient (Wildman–Crippen LogP) is 2.28. The zero-order chi connectivity index (χ0) is 12.3. The zero-order valence-electron chi connectivity index (χ0n) is 9.64. The number of aromatic nitrogens is 3. The summed E-state index contributed by atoms with van der Waals surface area (Å²) in [4.78, 5) is 8.16. The van der Waals surface area contributed by atoms with E-state index in [1.54, 1.807) is 18.5 Å². The first-order chi connectivity index (χ1) is 8.16. The van der Waals surface area contributed by atoms with Gasteiger partial charge in [0.1, 0.15) is 0 Å². The Bertz CT molecular complexity index is 498. The van der Waals surface area contributed by atoms with E-state index in [0.29, 0.717) is 34.9 Å². The molecular weight excluding hydrogens is 240 g/mol. The second-order valence-electron chi connectivity index (χ2n) is 3.91. The van der Waals surface area contributed by atoms with Gasteiger partial charge in [0, 0.05) is 18.4 Å². The number of rotatable bonds is 4. The van der Waals surface area contributed by atoms with Crippen molar-refractivity contribution >= 4 is 11.6 Å². The van der Waals surface area contributed by atoms with Gasteiger partial charge in [0.15, 0.2) is 5.82 Å². The standard InChI is InChI=1S/C11H13ClN4O/c1-7(2)14-6-10-15-11(17-16-10)8-3-4-13-5-9(8)12/h3-5,7,14H,6H2,1-2H3. The molecule has 2 rings (SSSR count). The zero-order valence-corrected chi connectivity index (χ0v) is 10.4. The van der Waals surface area contributed by atoms with E-state index >= 15 is 0 Å². The molecule has 0 aliphatic rings. The molecule has 2 aromatic rings. The molecule has 1 N–H and O–H groups in total. The minimum Gasteiger partial charge on any atom is -0.334 e. The lowest BCUT2D eigenvalue weighted by Crippen LogP contribution is -2.22. The molecule has 0 saturated heterocycles. The van der Waals surface area contributed by atoms with Crippen molar-refractivity contribution in [2.75, 3.05) is 0 Å². The average Bonchev–Trinajstić information content (AvgIpc) is 2.75. The van der Waals surface area contributed by atoms with Crippen molar-refractivity contribution in [3.63, 3.8) is 0 Å². The highest BCUT2D eigenvalue weighted by atomic mass is 35.5. The number of hydrogen-bond donors (Lipinski definition) is 1. The monoisotopic (exact) mass is 252 g/mol. The van der Waals surface area contributed by atoms with Crippen molar-refractivity contribution in [1.82, 2.24) is 20.4 Å². The van der Waals surface area contributed by atoms with Crippen LogP contribution in [0.4, 0.5) is 0 Å². The highest BCUT2D eigenvalue weighted by Gasteiger charge is 2.11. The maximum Gasteiger partial charge on any atom is 0.259 e. The van der Waals surface area contributed by atoms with Crippen LogP contribution >= 0.6 is 11.6 Å². The van der Waals surface area contributed by atoms with Crippen LogP contribution in [0.1, 0.15) is 19.7 Å². The Balaban J connectivity index is 2.16. The topological polar surface area (TPSA) is 63.8 Å². The molecular formula is C11H13ClN4O. The fraction of sp³-hybridized carbons (Fsp3) is 0.364. The van der Waals surface area contributed by atoms with Crippen molar-refractivity contribution in [3.8, 4) is 11.5 Å². The summed E-state index contributed by atoms with van der Waals surface area (Å²) < 4.78 is 5.15. The Kier molecular flexibility index (Phi) is 3.71. The number of nitrogens with one attached hydrogen (secondary N) is 1. The Morgan fingerprint density at radius 1 is 1.47 bits per heavy atom. The molecule has 5 nitrogen and oxygen atoms in total. The number of nitrogens with zero attached hydrogens (tertiary/aromatic N) is 3. The van der Waals surface area contributed by atoms with Crippen LogP contribution in [0.5, 0.6) is 0 Å². The summed E-state index contributed by atoms with van der Waals surface area (Å²) in [5.74, 6) is 1.03. The first-order valence-corrected chi connectivity index (χ1v) is 5.70. The van der Waals surface area contributed by atoms with Gasteiger partial charge in [0.25, 0.3) is 5.89 Å². The van der Waals surface area contributed by atoms with Crippen LogP contribution in [-0.4, -0.2) is 21.2 Å². The summed E-state index contributed by atoms with van der Waals surface area (Å²) in [6, 6.07) is 2.12. The molecule has 90 valence electrons. The molecule has 0 unspecified atom stereocenters. The number of hydrogen-bond acceptors (Lipinski definition) is 5. The molecule has 0 aliphatic heterocycles. The molecule has 0 aliphatic carbocycles. The lowest BCUT2D eigenvalue weighted by Gasteiger charge is -2.03. The summed E-state index contributed by atoms with van der Waals surface area (Å²) in [6.07, 6.45) is 3.19. The van der Waals surface area contributed by atoms with Crippen LogP contribution in [0, 0.1) is 0 Å². The highest BCUT2D eigenvalue weighted by Crippen LogP contribution is 2.24. The first kappa shape index (κ1) is 12.0. The normalized spacial score (nSPS) is 11.1. The van der Waals surface area contributed by atoms with Gasteiger partial charge in [-0.05, 0) is 6.07 Å². The molecule has 0 spiro atoms. The van der Waals surface area contributed by atoms with E-state index in [0.717, 1.165) is 0 Å². The van der Waals surface area contributed by atoms with E-state index in [4.69, 9.17) is 16.1 Å². The number of halogens is 1. The number of pyridine rings is 1. The third-order valence-electron chi connectivity index (χ3n) is 2.14. The van der Waals surface area contributed by atoms with Crippen LogP contribution in [0.25, 0.3) is 11.5 Å². The van der Waals surface area contributed by atoms with E-state index < -0.39 is 0 Å². The molecule has 0 atom stereocenters. The van der Waals surface area contributed by atoms with Crippen molar-refractivity contribution in [2.24, 2.45) is 0 Å². The quantitative estimate of drug-likeness (QED) is 0.905. The molecule has 0 fully saturated rings. The fourth-order valence-electron chi connectivity index (χ4n) is 1.28. The van der Waals surface area contributed by atoms with Gasteiger partial charge in [-0.15, -0.1) is 0 Å².